The number of nitrogens with zero attached hydrogens (tertiary/aromatic N) is 5. The highest BCUT2D eigenvalue weighted by molar-refractivity contribution is 6.29. The van der Waals surface area contributed by atoms with E-state index in [0.29, 0.717) is 17.7 Å². The molecular formula is C18H24ClN5O. The smallest absolute Gasteiger partial charge is 0.147 e. The van der Waals surface area contributed by atoms with Crippen LogP contribution in [-0.4, -0.2) is 45.7 Å². The lowest BCUT2D eigenvalue weighted by Gasteiger charge is -2.34. The minimum absolute atomic E-state index is 0.119. The van der Waals surface area contributed by atoms with Gasteiger partial charge in [-0.05, 0) is 12.3 Å². The van der Waals surface area contributed by atoms with Gasteiger partial charge < -0.3 is 9.64 Å². The first-order valence-corrected chi connectivity index (χ1v) is 9.06. The van der Waals surface area contributed by atoms with Crippen LogP contribution in [0.15, 0.2) is 24.8 Å². The third-order valence-corrected chi connectivity index (χ3v) is 4.62. The van der Waals surface area contributed by atoms with E-state index in [9.17, 15) is 0 Å². The molecule has 1 aliphatic rings. The van der Waals surface area contributed by atoms with Crippen molar-refractivity contribution in [1.82, 2.24) is 19.9 Å². The van der Waals surface area contributed by atoms with Gasteiger partial charge in [0, 0.05) is 31.4 Å². The molecule has 25 heavy (non-hydrogen) atoms. The van der Waals surface area contributed by atoms with Gasteiger partial charge in [0.05, 0.1) is 36.5 Å². The van der Waals surface area contributed by atoms with Crippen molar-refractivity contribution >= 4 is 17.4 Å². The summed E-state index contributed by atoms with van der Waals surface area (Å²) in [4.78, 5) is 19.8. The second-order valence-corrected chi connectivity index (χ2v) is 7.19. The number of hydrogen-bond acceptors (Lipinski definition) is 6. The summed E-state index contributed by atoms with van der Waals surface area (Å²) < 4.78 is 5.96. The van der Waals surface area contributed by atoms with E-state index in [1.54, 1.807) is 12.4 Å². The third kappa shape index (κ3) is 4.64. The normalized spacial score (nSPS) is 19.2. The molecule has 2 aromatic rings. The first kappa shape index (κ1) is 18.0. The van der Waals surface area contributed by atoms with Gasteiger partial charge in [-0.2, -0.15) is 0 Å². The first-order chi connectivity index (χ1) is 12.0. The summed E-state index contributed by atoms with van der Waals surface area (Å²) in [5.74, 6) is 1.52. The highest BCUT2D eigenvalue weighted by Crippen LogP contribution is 2.24. The standard InChI is InChI=1S/C18H24ClN5O/c1-12(2)15-7-21-10-18(23-15)24-4-5-25-14(11-24)6-13(3)16-8-20-9-17(19)22-16/h7-10,12-14H,4-6,11H2,1-3H3. The van der Waals surface area contributed by atoms with Crippen LogP contribution in [0.5, 0.6) is 0 Å². The number of ether oxygens (including phenoxy) is 1. The largest absolute Gasteiger partial charge is 0.375 e. The Labute approximate surface area is 153 Å². The molecule has 0 spiro atoms. The minimum atomic E-state index is 0.119. The lowest BCUT2D eigenvalue weighted by molar-refractivity contribution is 0.0311. The van der Waals surface area contributed by atoms with Crippen molar-refractivity contribution in [1.29, 1.82) is 0 Å². The molecule has 0 radical (unpaired) electrons. The Bertz CT molecular complexity index is 711. The second kappa shape index (κ2) is 8.06. The van der Waals surface area contributed by atoms with E-state index in [0.717, 1.165) is 36.7 Å². The van der Waals surface area contributed by atoms with Crippen molar-refractivity contribution < 1.29 is 4.74 Å². The van der Waals surface area contributed by atoms with Gasteiger partial charge in [-0.25, -0.2) is 9.97 Å². The quantitative estimate of drug-likeness (QED) is 0.812. The lowest BCUT2D eigenvalue weighted by Crippen LogP contribution is -2.43. The molecule has 0 N–H and O–H groups in total. The number of aromatic nitrogens is 4. The molecule has 134 valence electrons. The van der Waals surface area contributed by atoms with E-state index in [1.807, 2.05) is 12.4 Å². The predicted octanol–water partition coefficient (Wildman–Crippen LogP) is 3.44. The van der Waals surface area contributed by atoms with Gasteiger partial charge in [-0.15, -0.1) is 0 Å². The Balaban J connectivity index is 1.66. The molecule has 2 aromatic heterocycles. The SMILES string of the molecule is CC(C)c1cncc(N2CCOC(CC(C)c3cncc(Cl)n3)C2)n1. The average Bonchev–Trinajstić information content (AvgIpc) is 2.62. The maximum Gasteiger partial charge on any atom is 0.147 e. The van der Waals surface area contributed by atoms with Crippen LogP contribution < -0.4 is 4.90 Å². The van der Waals surface area contributed by atoms with Gasteiger partial charge >= 0.3 is 0 Å². The maximum atomic E-state index is 5.96. The van der Waals surface area contributed by atoms with Crippen LogP contribution in [0.1, 0.15) is 50.4 Å². The molecule has 0 saturated carbocycles. The van der Waals surface area contributed by atoms with Gasteiger partial charge in [-0.1, -0.05) is 32.4 Å². The zero-order valence-electron chi connectivity index (χ0n) is 14.9. The van der Waals surface area contributed by atoms with Gasteiger partial charge in [0.1, 0.15) is 11.0 Å². The van der Waals surface area contributed by atoms with Crippen molar-refractivity contribution in [3.05, 3.63) is 41.3 Å². The molecule has 1 saturated heterocycles. The van der Waals surface area contributed by atoms with Crippen LogP contribution in [0.25, 0.3) is 0 Å². The third-order valence-electron chi connectivity index (χ3n) is 4.44. The van der Waals surface area contributed by atoms with Gasteiger partial charge in [-0.3, -0.25) is 9.97 Å². The van der Waals surface area contributed by atoms with Crippen LogP contribution in [0.2, 0.25) is 5.15 Å². The monoisotopic (exact) mass is 361 g/mol. The fourth-order valence-corrected chi connectivity index (χ4v) is 3.13. The van der Waals surface area contributed by atoms with Crippen molar-refractivity contribution in [2.45, 2.75) is 45.1 Å². The van der Waals surface area contributed by atoms with E-state index >= 15 is 0 Å². The van der Waals surface area contributed by atoms with Gasteiger partial charge in [0.15, 0.2) is 0 Å². The lowest BCUT2D eigenvalue weighted by atomic mass is 9.99. The molecule has 7 heteroatoms. The molecule has 0 aliphatic carbocycles. The second-order valence-electron chi connectivity index (χ2n) is 6.80. The highest BCUT2D eigenvalue weighted by atomic mass is 35.5. The van der Waals surface area contributed by atoms with Gasteiger partial charge in [0.25, 0.3) is 0 Å². The fourth-order valence-electron chi connectivity index (χ4n) is 2.98. The molecule has 1 fully saturated rings. The van der Waals surface area contributed by atoms with Gasteiger partial charge in [0.2, 0.25) is 0 Å². The zero-order valence-corrected chi connectivity index (χ0v) is 15.6. The van der Waals surface area contributed by atoms with Crippen LogP contribution in [0.4, 0.5) is 5.82 Å². The van der Waals surface area contributed by atoms with E-state index in [4.69, 9.17) is 21.3 Å². The van der Waals surface area contributed by atoms with Crippen molar-refractivity contribution in [2.75, 3.05) is 24.6 Å². The molecule has 2 atom stereocenters. The molecule has 3 heterocycles. The van der Waals surface area contributed by atoms with Crippen LogP contribution in [-0.2, 0) is 4.74 Å². The number of halogens is 1. The summed E-state index contributed by atoms with van der Waals surface area (Å²) in [7, 11) is 0. The summed E-state index contributed by atoms with van der Waals surface area (Å²) in [5.41, 5.74) is 1.91. The van der Waals surface area contributed by atoms with Crippen LogP contribution in [0.3, 0.4) is 0 Å². The van der Waals surface area contributed by atoms with E-state index in [2.05, 4.69) is 40.6 Å². The Morgan fingerprint density at radius 2 is 1.88 bits per heavy atom. The highest BCUT2D eigenvalue weighted by Gasteiger charge is 2.25. The molecule has 1 aliphatic heterocycles. The van der Waals surface area contributed by atoms with Crippen molar-refractivity contribution in [3.8, 4) is 0 Å². The average molecular weight is 362 g/mol. The number of anilines is 1. The number of hydrogen-bond donors (Lipinski definition) is 0. The fraction of sp³-hybridized carbons (Fsp3) is 0.556. The maximum absolute atomic E-state index is 5.96. The van der Waals surface area contributed by atoms with E-state index < -0.39 is 0 Å². The molecule has 0 bridgehead atoms. The molecule has 3 rings (SSSR count). The molecule has 2 unspecified atom stereocenters. The summed E-state index contributed by atoms with van der Waals surface area (Å²) in [6, 6.07) is 0. The van der Waals surface area contributed by atoms with Crippen molar-refractivity contribution in [3.63, 3.8) is 0 Å². The number of morpholine rings is 1. The number of rotatable bonds is 5. The Morgan fingerprint density at radius 3 is 2.64 bits per heavy atom. The molecular weight excluding hydrogens is 338 g/mol. The van der Waals surface area contributed by atoms with Crippen molar-refractivity contribution in [2.24, 2.45) is 0 Å². The predicted molar refractivity (Wildman–Crippen MR) is 98.1 cm³/mol. The van der Waals surface area contributed by atoms with E-state index in [1.165, 1.54) is 0 Å². The minimum Gasteiger partial charge on any atom is -0.375 e. The van der Waals surface area contributed by atoms with Crippen LogP contribution in [0, 0.1) is 0 Å². The summed E-state index contributed by atoms with van der Waals surface area (Å²) in [5, 5.41) is 0.427. The molecule has 0 amide bonds. The van der Waals surface area contributed by atoms with E-state index in [-0.39, 0.29) is 12.0 Å². The first-order valence-electron chi connectivity index (χ1n) is 8.69. The topological polar surface area (TPSA) is 64.0 Å². The molecule has 0 aromatic carbocycles. The Kier molecular flexibility index (Phi) is 5.81. The van der Waals surface area contributed by atoms with Crippen LogP contribution >= 0.6 is 11.6 Å². The Morgan fingerprint density at radius 1 is 1.12 bits per heavy atom. The summed E-state index contributed by atoms with van der Waals surface area (Å²) in [6.07, 6.45) is 7.98. The summed E-state index contributed by atoms with van der Waals surface area (Å²) in [6.45, 7) is 8.70. The summed E-state index contributed by atoms with van der Waals surface area (Å²) >= 11 is 5.95. The molecule has 6 nitrogen and oxygen atoms in total. The Hall–Kier alpha value is -1.79. The zero-order chi connectivity index (χ0) is 17.8.